The van der Waals surface area contributed by atoms with Crippen molar-refractivity contribution in [1.29, 1.82) is 0 Å². The van der Waals surface area contributed by atoms with E-state index in [1.165, 1.54) is 12.8 Å². The van der Waals surface area contributed by atoms with E-state index < -0.39 is 7.12 Å². The molecule has 1 aromatic rings. The second-order valence-corrected chi connectivity index (χ2v) is 3.73. The lowest BCUT2D eigenvalue weighted by molar-refractivity contribution is 0.425. The van der Waals surface area contributed by atoms with Crippen LogP contribution in [0.5, 0.6) is 0 Å². The Hall–Kier alpha value is -0.835. The van der Waals surface area contributed by atoms with Crippen molar-refractivity contribution in [1.82, 2.24) is 5.32 Å². The van der Waals surface area contributed by atoms with Crippen LogP contribution < -0.4 is 10.8 Å². The van der Waals surface area contributed by atoms with Gasteiger partial charge in [0.05, 0.1) is 0 Å². The molecule has 0 aliphatic heterocycles. The van der Waals surface area contributed by atoms with Crippen LogP contribution in [0.3, 0.4) is 0 Å². The first kappa shape index (κ1) is 9.71. The summed E-state index contributed by atoms with van der Waals surface area (Å²) in [6.07, 6.45) is 2.48. The van der Waals surface area contributed by atoms with Gasteiger partial charge in [0.1, 0.15) is 0 Å². The Balaban J connectivity index is 2.05. The lowest BCUT2D eigenvalue weighted by Gasteiger charge is -2.08. The zero-order valence-corrected chi connectivity index (χ0v) is 7.98. The van der Waals surface area contributed by atoms with Crippen molar-refractivity contribution in [3.63, 3.8) is 0 Å². The normalized spacial score (nSPS) is 15.6. The van der Waals surface area contributed by atoms with E-state index in [4.69, 9.17) is 10.0 Å². The predicted octanol–water partition coefficient (Wildman–Crippen LogP) is -0.382. The molecule has 0 amide bonds. The molecule has 3 nitrogen and oxygen atoms in total. The highest BCUT2D eigenvalue weighted by atomic mass is 16.4. The summed E-state index contributed by atoms with van der Waals surface area (Å²) in [5, 5.41) is 21.6. The Morgan fingerprint density at radius 2 is 2.00 bits per heavy atom. The molecule has 74 valence electrons. The number of benzene rings is 1. The van der Waals surface area contributed by atoms with E-state index >= 15 is 0 Å². The van der Waals surface area contributed by atoms with Gasteiger partial charge in [0, 0.05) is 12.6 Å². The van der Waals surface area contributed by atoms with Gasteiger partial charge in [-0.2, -0.15) is 0 Å². The molecule has 0 spiro atoms. The van der Waals surface area contributed by atoms with Crippen LogP contribution in [-0.4, -0.2) is 23.2 Å². The van der Waals surface area contributed by atoms with Crippen LogP contribution in [0.1, 0.15) is 18.4 Å². The zero-order chi connectivity index (χ0) is 9.97. The van der Waals surface area contributed by atoms with Gasteiger partial charge in [-0.1, -0.05) is 24.3 Å². The summed E-state index contributed by atoms with van der Waals surface area (Å²) in [6.45, 7) is 0.721. The first-order valence-electron chi connectivity index (χ1n) is 4.94. The van der Waals surface area contributed by atoms with Gasteiger partial charge >= 0.3 is 7.12 Å². The van der Waals surface area contributed by atoms with Gasteiger partial charge < -0.3 is 15.4 Å². The van der Waals surface area contributed by atoms with E-state index in [1.807, 2.05) is 18.2 Å². The monoisotopic (exact) mass is 191 g/mol. The van der Waals surface area contributed by atoms with Gasteiger partial charge in [0.25, 0.3) is 0 Å². The molecule has 0 bridgehead atoms. The summed E-state index contributed by atoms with van der Waals surface area (Å²) >= 11 is 0. The first-order valence-corrected chi connectivity index (χ1v) is 4.94. The lowest BCUT2D eigenvalue weighted by Crippen LogP contribution is -2.34. The Labute approximate surface area is 83.9 Å². The second-order valence-electron chi connectivity index (χ2n) is 3.73. The number of hydrogen-bond acceptors (Lipinski definition) is 3. The van der Waals surface area contributed by atoms with Crippen LogP contribution in [0.15, 0.2) is 24.3 Å². The summed E-state index contributed by atoms with van der Waals surface area (Å²) in [6, 6.07) is 8.03. The van der Waals surface area contributed by atoms with Crippen molar-refractivity contribution in [2.45, 2.75) is 25.4 Å². The minimum Gasteiger partial charge on any atom is -0.423 e. The molecular weight excluding hydrogens is 177 g/mol. The van der Waals surface area contributed by atoms with E-state index in [2.05, 4.69) is 5.32 Å². The van der Waals surface area contributed by atoms with Crippen LogP contribution in [0, 0.1) is 0 Å². The van der Waals surface area contributed by atoms with E-state index in [9.17, 15) is 0 Å². The smallest absolute Gasteiger partial charge is 0.423 e. The Bertz CT molecular complexity index is 313. The third kappa shape index (κ3) is 2.35. The van der Waals surface area contributed by atoms with E-state index in [0.29, 0.717) is 11.5 Å². The second kappa shape index (κ2) is 4.13. The average Bonchev–Trinajstić information content (AvgIpc) is 2.98. The average molecular weight is 191 g/mol. The van der Waals surface area contributed by atoms with Gasteiger partial charge in [-0.3, -0.25) is 0 Å². The highest BCUT2D eigenvalue weighted by Crippen LogP contribution is 2.18. The molecule has 4 heteroatoms. The SMILES string of the molecule is OB(O)c1ccccc1CNC1CC1. The molecule has 0 saturated heterocycles. The Morgan fingerprint density at radius 3 is 2.64 bits per heavy atom. The van der Waals surface area contributed by atoms with E-state index in [1.54, 1.807) is 6.07 Å². The third-order valence-corrected chi connectivity index (χ3v) is 2.49. The predicted molar refractivity (Wildman–Crippen MR) is 56.1 cm³/mol. The van der Waals surface area contributed by atoms with Gasteiger partial charge in [-0.25, -0.2) is 0 Å². The molecule has 2 rings (SSSR count). The molecule has 1 aliphatic carbocycles. The van der Waals surface area contributed by atoms with Crippen molar-refractivity contribution < 1.29 is 10.0 Å². The van der Waals surface area contributed by atoms with Crippen molar-refractivity contribution in [2.75, 3.05) is 0 Å². The topological polar surface area (TPSA) is 52.5 Å². The number of rotatable bonds is 4. The summed E-state index contributed by atoms with van der Waals surface area (Å²) in [5.74, 6) is 0. The molecule has 1 aromatic carbocycles. The zero-order valence-electron chi connectivity index (χ0n) is 7.98. The van der Waals surface area contributed by atoms with Gasteiger partial charge in [-0.05, 0) is 23.9 Å². The molecule has 0 unspecified atom stereocenters. The Morgan fingerprint density at radius 1 is 1.29 bits per heavy atom. The lowest BCUT2D eigenvalue weighted by atomic mass is 9.77. The molecule has 1 fully saturated rings. The van der Waals surface area contributed by atoms with E-state index in [-0.39, 0.29) is 0 Å². The Kier molecular flexibility index (Phi) is 2.86. The van der Waals surface area contributed by atoms with Crippen LogP contribution in [0.2, 0.25) is 0 Å². The summed E-state index contributed by atoms with van der Waals surface area (Å²) in [7, 11) is -1.37. The maximum absolute atomic E-state index is 9.11. The van der Waals surface area contributed by atoms with Gasteiger partial charge in [0.15, 0.2) is 0 Å². The standard InChI is InChI=1S/C10H14BNO2/c13-11(14)10-4-2-1-3-8(10)7-12-9-5-6-9/h1-4,9,12-14H,5-7H2. The fourth-order valence-corrected chi connectivity index (χ4v) is 1.49. The van der Waals surface area contributed by atoms with Crippen LogP contribution in [0.4, 0.5) is 0 Å². The molecule has 3 N–H and O–H groups in total. The summed E-state index contributed by atoms with van der Waals surface area (Å²) < 4.78 is 0. The minimum absolute atomic E-state index is 0.598. The molecule has 1 saturated carbocycles. The molecule has 0 atom stereocenters. The number of hydrogen-bond donors (Lipinski definition) is 3. The van der Waals surface area contributed by atoms with Crippen molar-refractivity contribution in [2.24, 2.45) is 0 Å². The first-order chi connectivity index (χ1) is 6.77. The fraction of sp³-hybridized carbons (Fsp3) is 0.400. The van der Waals surface area contributed by atoms with Crippen molar-refractivity contribution in [3.05, 3.63) is 29.8 Å². The molecule has 0 heterocycles. The fourth-order valence-electron chi connectivity index (χ4n) is 1.49. The molecule has 0 aromatic heterocycles. The third-order valence-electron chi connectivity index (χ3n) is 2.49. The highest BCUT2D eigenvalue weighted by Gasteiger charge is 2.21. The van der Waals surface area contributed by atoms with Gasteiger partial charge in [0.2, 0.25) is 0 Å². The number of nitrogens with one attached hydrogen (secondary N) is 1. The molecule has 0 radical (unpaired) electrons. The quantitative estimate of drug-likeness (QED) is 0.568. The molecule has 1 aliphatic rings. The molecule has 14 heavy (non-hydrogen) atoms. The van der Waals surface area contributed by atoms with Crippen LogP contribution >= 0.6 is 0 Å². The maximum Gasteiger partial charge on any atom is 0.488 e. The maximum atomic E-state index is 9.11. The van der Waals surface area contributed by atoms with Crippen LogP contribution in [-0.2, 0) is 6.54 Å². The molecular formula is C10H14BNO2. The van der Waals surface area contributed by atoms with Gasteiger partial charge in [-0.15, -0.1) is 0 Å². The summed E-state index contributed by atoms with van der Waals surface area (Å²) in [5.41, 5.74) is 1.56. The van der Waals surface area contributed by atoms with Crippen molar-refractivity contribution >= 4 is 12.6 Å². The summed E-state index contributed by atoms with van der Waals surface area (Å²) in [4.78, 5) is 0. The van der Waals surface area contributed by atoms with Crippen molar-refractivity contribution in [3.8, 4) is 0 Å². The highest BCUT2D eigenvalue weighted by molar-refractivity contribution is 6.59. The largest absolute Gasteiger partial charge is 0.488 e. The van der Waals surface area contributed by atoms with E-state index in [0.717, 1.165) is 12.1 Å². The van der Waals surface area contributed by atoms with Crippen LogP contribution in [0.25, 0.3) is 0 Å². The minimum atomic E-state index is -1.37.